The van der Waals surface area contributed by atoms with Crippen molar-refractivity contribution in [2.45, 2.75) is 39.2 Å². The molecule has 1 aliphatic heterocycles. The molecule has 1 heterocycles. The van der Waals surface area contributed by atoms with Crippen LogP contribution < -0.4 is 0 Å². The average molecular weight is 324 g/mol. The Bertz CT molecular complexity index is 689. The molecular weight excluding hydrogens is 300 g/mol. The van der Waals surface area contributed by atoms with Crippen LogP contribution >= 0.6 is 0 Å². The van der Waals surface area contributed by atoms with Gasteiger partial charge in [-0.25, -0.2) is 4.79 Å². The Kier molecular flexibility index (Phi) is 6.26. The molecule has 0 amide bonds. The summed E-state index contributed by atoms with van der Waals surface area (Å²) < 4.78 is 10.7. The van der Waals surface area contributed by atoms with Crippen LogP contribution in [0.1, 0.15) is 38.7 Å². The second-order valence-electron chi connectivity index (χ2n) is 5.89. The monoisotopic (exact) mass is 324 g/mol. The van der Waals surface area contributed by atoms with E-state index < -0.39 is 5.97 Å². The molecule has 0 unspecified atom stereocenters. The number of benzene rings is 1. The third kappa shape index (κ3) is 4.08. The molecule has 0 aliphatic carbocycles. The number of hydrogen-bond acceptors (Lipinski definition) is 3. The number of esters is 1. The second-order valence-corrected chi connectivity index (χ2v) is 5.89. The van der Waals surface area contributed by atoms with Gasteiger partial charge in [-0.3, -0.25) is 0 Å². The SMILES string of the molecule is C=C(C(=O)OC)[C@H]1OC(C)=C(C#Cc2ccccc2)[C@@H]1CCCC. The fraction of sp³-hybridized carbons (Fsp3) is 0.381. The molecule has 126 valence electrons. The highest BCUT2D eigenvalue weighted by Gasteiger charge is 2.38. The van der Waals surface area contributed by atoms with Crippen molar-refractivity contribution < 1.29 is 14.3 Å². The molecule has 3 heteroatoms. The van der Waals surface area contributed by atoms with E-state index in [-0.39, 0.29) is 12.0 Å². The Morgan fingerprint density at radius 2 is 2.00 bits per heavy atom. The van der Waals surface area contributed by atoms with E-state index in [2.05, 4.69) is 25.3 Å². The number of carbonyl (C=O) groups excluding carboxylic acids is 1. The van der Waals surface area contributed by atoms with Gasteiger partial charge < -0.3 is 9.47 Å². The zero-order valence-electron chi connectivity index (χ0n) is 14.6. The normalized spacial score (nSPS) is 19.3. The Morgan fingerprint density at radius 3 is 2.62 bits per heavy atom. The molecule has 3 nitrogen and oxygen atoms in total. The van der Waals surface area contributed by atoms with E-state index in [4.69, 9.17) is 9.47 Å². The van der Waals surface area contributed by atoms with Gasteiger partial charge in [0.2, 0.25) is 0 Å². The van der Waals surface area contributed by atoms with Gasteiger partial charge in [0.05, 0.1) is 12.7 Å². The molecule has 2 rings (SSSR count). The molecule has 0 bridgehead atoms. The lowest BCUT2D eigenvalue weighted by Gasteiger charge is -2.20. The lowest BCUT2D eigenvalue weighted by molar-refractivity contribution is -0.137. The topological polar surface area (TPSA) is 35.5 Å². The minimum Gasteiger partial charge on any atom is -0.488 e. The van der Waals surface area contributed by atoms with Crippen LogP contribution in [-0.2, 0) is 14.3 Å². The molecule has 24 heavy (non-hydrogen) atoms. The maximum Gasteiger partial charge on any atom is 0.336 e. The van der Waals surface area contributed by atoms with Crippen LogP contribution in [0.5, 0.6) is 0 Å². The first-order valence-corrected chi connectivity index (χ1v) is 8.30. The lowest BCUT2D eigenvalue weighted by atomic mass is 9.86. The molecule has 1 aromatic carbocycles. The maximum absolute atomic E-state index is 11.9. The van der Waals surface area contributed by atoms with Crippen LogP contribution in [0.15, 0.2) is 53.8 Å². The first-order chi connectivity index (χ1) is 11.6. The number of unbranched alkanes of at least 4 members (excludes halogenated alkanes) is 1. The Hall–Kier alpha value is -2.47. The van der Waals surface area contributed by atoms with Gasteiger partial charge in [-0.15, -0.1) is 0 Å². The summed E-state index contributed by atoms with van der Waals surface area (Å²) in [6.07, 6.45) is 2.65. The molecule has 2 atom stereocenters. The molecule has 0 aromatic heterocycles. The lowest BCUT2D eigenvalue weighted by Crippen LogP contribution is -2.26. The van der Waals surface area contributed by atoms with E-state index in [1.54, 1.807) is 0 Å². The van der Waals surface area contributed by atoms with Crippen molar-refractivity contribution in [3.05, 3.63) is 59.4 Å². The van der Waals surface area contributed by atoms with Gasteiger partial charge in [-0.05, 0) is 25.5 Å². The summed E-state index contributed by atoms with van der Waals surface area (Å²) in [7, 11) is 1.36. The van der Waals surface area contributed by atoms with Crippen LogP contribution in [0.4, 0.5) is 0 Å². The molecular formula is C21H24O3. The number of methoxy groups -OCH3 is 1. The number of allylic oxidation sites excluding steroid dienone is 1. The van der Waals surface area contributed by atoms with Gasteiger partial charge in [0.25, 0.3) is 0 Å². The number of rotatable bonds is 5. The van der Waals surface area contributed by atoms with Crippen molar-refractivity contribution in [1.29, 1.82) is 0 Å². The third-order valence-electron chi connectivity index (χ3n) is 4.19. The van der Waals surface area contributed by atoms with Crippen LogP contribution in [0, 0.1) is 17.8 Å². The van der Waals surface area contributed by atoms with Gasteiger partial charge in [-0.2, -0.15) is 0 Å². The largest absolute Gasteiger partial charge is 0.488 e. The van der Waals surface area contributed by atoms with E-state index in [0.717, 1.165) is 36.2 Å². The fourth-order valence-electron chi connectivity index (χ4n) is 2.87. The van der Waals surface area contributed by atoms with Crippen molar-refractivity contribution in [1.82, 2.24) is 0 Å². The number of carbonyl (C=O) groups is 1. The van der Waals surface area contributed by atoms with Crippen molar-refractivity contribution in [3.8, 4) is 11.8 Å². The molecule has 1 aromatic rings. The highest BCUT2D eigenvalue weighted by atomic mass is 16.5. The molecule has 0 N–H and O–H groups in total. The van der Waals surface area contributed by atoms with E-state index >= 15 is 0 Å². The zero-order chi connectivity index (χ0) is 17.5. The molecule has 0 fully saturated rings. The zero-order valence-corrected chi connectivity index (χ0v) is 14.6. The van der Waals surface area contributed by atoms with E-state index in [1.165, 1.54) is 7.11 Å². The number of ether oxygens (including phenoxy) is 2. The quantitative estimate of drug-likeness (QED) is 0.461. The average Bonchev–Trinajstić information content (AvgIpc) is 2.93. The van der Waals surface area contributed by atoms with Crippen molar-refractivity contribution in [2.24, 2.45) is 5.92 Å². The van der Waals surface area contributed by atoms with E-state index in [0.29, 0.717) is 5.57 Å². The summed E-state index contributed by atoms with van der Waals surface area (Å²) in [6.45, 7) is 7.92. The van der Waals surface area contributed by atoms with Crippen LogP contribution in [-0.4, -0.2) is 19.2 Å². The van der Waals surface area contributed by atoms with Gasteiger partial charge in [0.1, 0.15) is 11.9 Å². The first-order valence-electron chi connectivity index (χ1n) is 8.30. The van der Waals surface area contributed by atoms with Crippen LogP contribution in [0.2, 0.25) is 0 Å². The molecule has 0 spiro atoms. The summed E-state index contributed by atoms with van der Waals surface area (Å²) in [4.78, 5) is 11.9. The van der Waals surface area contributed by atoms with Crippen LogP contribution in [0.25, 0.3) is 0 Å². The van der Waals surface area contributed by atoms with Gasteiger partial charge in [0, 0.05) is 17.1 Å². The predicted molar refractivity (Wildman–Crippen MR) is 95.1 cm³/mol. The van der Waals surface area contributed by atoms with Crippen molar-refractivity contribution in [2.75, 3.05) is 7.11 Å². The predicted octanol–water partition coefficient (Wildman–Crippen LogP) is 4.25. The smallest absolute Gasteiger partial charge is 0.336 e. The Labute approximate surface area is 144 Å². The Morgan fingerprint density at radius 1 is 1.29 bits per heavy atom. The van der Waals surface area contributed by atoms with Crippen LogP contribution in [0.3, 0.4) is 0 Å². The highest BCUT2D eigenvalue weighted by molar-refractivity contribution is 5.89. The minimum atomic E-state index is -0.424. The van der Waals surface area contributed by atoms with Gasteiger partial charge in [-0.1, -0.05) is 56.4 Å². The van der Waals surface area contributed by atoms with E-state index in [1.807, 2.05) is 37.3 Å². The fourth-order valence-corrected chi connectivity index (χ4v) is 2.87. The van der Waals surface area contributed by atoms with E-state index in [9.17, 15) is 4.79 Å². The summed E-state index contributed by atoms with van der Waals surface area (Å²) in [5.74, 6) is 6.85. The summed E-state index contributed by atoms with van der Waals surface area (Å²) >= 11 is 0. The number of hydrogen-bond donors (Lipinski definition) is 0. The first kappa shape index (κ1) is 17.9. The maximum atomic E-state index is 11.9. The van der Waals surface area contributed by atoms with Crippen molar-refractivity contribution >= 4 is 5.97 Å². The molecule has 0 saturated carbocycles. The molecule has 0 saturated heterocycles. The molecule has 1 aliphatic rings. The van der Waals surface area contributed by atoms with Gasteiger partial charge in [0.15, 0.2) is 0 Å². The summed E-state index contributed by atoms with van der Waals surface area (Å²) in [5.41, 5.74) is 2.28. The molecule has 0 radical (unpaired) electrons. The summed E-state index contributed by atoms with van der Waals surface area (Å²) in [5, 5.41) is 0. The van der Waals surface area contributed by atoms with Crippen molar-refractivity contribution in [3.63, 3.8) is 0 Å². The second kappa shape index (κ2) is 8.40. The third-order valence-corrected chi connectivity index (χ3v) is 4.19. The summed E-state index contributed by atoms with van der Waals surface area (Å²) in [6, 6.07) is 9.85. The highest BCUT2D eigenvalue weighted by Crippen LogP contribution is 2.37. The Balaban J connectivity index is 2.27. The standard InChI is InChI=1S/C21H24O3/c1-5-6-12-19-18(14-13-17-10-8-7-9-11-17)16(3)24-20(19)15(2)21(22)23-4/h7-11,19-20H,2,5-6,12H2,1,3-4H3/t19-,20+/m0/s1. The van der Waals surface area contributed by atoms with Gasteiger partial charge >= 0.3 is 5.97 Å². The minimum absolute atomic E-state index is 0.0489.